The van der Waals surface area contributed by atoms with Gasteiger partial charge in [0.15, 0.2) is 0 Å². The van der Waals surface area contributed by atoms with Crippen LogP contribution in [0.2, 0.25) is 0 Å². The molecule has 2 saturated heterocycles. The van der Waals surface area contributed by atoms with Gasteiger partial charge < -0.3 is 25.6 Å². The fourth-order valence-electron chi connectivity index (χ4n) is 6.12. The molecule has 2 atom stereocenters. The Morgan fingerprint density at radius 3 is 2.57 bits per heavy atom. The number of halogens is 2. The van der Waals surface area contributed by atoms with Gasteiger partial charge in [0.05, 0.1) is 30.2 Å². The maximum Gasteiger partial charge on any atom is 0.254 e. The third-order valence-electron chi connectivity index (χ3n) is 8.91. The van der Waals surface area contributed by atoms with Crippen LogP contribution in [0.4, 0.5) is 8.78 Å². The van der Waals surface area contributed by atoms with Crippen molar-refractivity contribution in [2.24, 2.45) is 5.92 Å². The molecule has 0 saturated carbocycles. The summed E-state index contributed by atoms with van der Waals surface area (Å²) in [5.74, 6) is -0.546. The Morgan fingerprint density at radius 1 is 1.11 bits per heavy atom. The summed E-state index contributed by atoms with van der Waals surface area (Å²) in [6, 6.07) is 10.6. The van der Waals surface area contributed by atoms with Crippen LogP contribution in [0.5, 0.6) is 11.5 Å². The number of benzene rings is 2. The molecule has 2 aromatic carbocycles. The molecule has 47 heavy (non-hydrogen) atoms. The Hall–Kier alpha value is -4.55. The van der Waals surface area contributed by atoms with Crippen LogP contribution in [-0.2, 0) is 11.3 Å². The molecule has 3 N–H and O–H groups in total. The van der Waals surface area contributed by atoms with E-state index < -0.39 is 23.9 Å². The van der Waals surface area contributed by atoms with Gasteiger partial charge >= 0.3 is 0 Å². The zero-order chi connectivity index (χ0) is 32.9. The third-order valence-corrected chi connectivity index (χ3v) is 8.91. The molecule has 3 aliphatic rings. The first-order valence-corrected chi connectivity index (χ1v) is 16.1. The van der Waals surface area contributed by atoms with E-state index in [9.17, 15) is 9.59 Å². The molecule has 4 heterocycles. The van der Waals surface area contributed by atoms with Crippen LogP contribution >= 0.6 is 0 Å². The van der Waals surface area contributed by atoms with Gasteiger partial charge in [0.25, 0.3) is 11.5 Å². The van der Waals surface area contributed by atoms with Gasteiger partial charge in [-0.05, 0) is 79.3 Å². The first-order valence-electron chi connectivity index (χ1n) is 16.1. The van der Waals surface area contributed by atoms with E-state index in [0.29, 0.717) is 43.4 Å². The third kappa shape index (κ3) is 7.71. The van der Waals surface area contributed by atoms with Crippen molar-refractivity contribution in [3.8, 4) is 11.5 Å². The lowest BCUT2D eigenvalue weighted by Crippen LogP contribution is -2.55. The second kappa shape index (κ2) is 14.5. The maximum atomic E-state index is 15.6. The number of hydrogen-bond acceptors (Lipinski definition) is 8. The summed E-state index contributed by atoms with van der Waals surface area (Å²) in [5, 5.41) is 2.72. The molecule has 3 aromatic rings. The first-order chi connectivity index (χ1) is 22.7. The fraction of sp³-hybridized carbons (Fsp3) is 0.400. The molecular formula is C35H40F2N6O4. The Balaban J connectivity index is 1.21. The van der Waals surface area contributed by atoms with Crippen molar-refractivity contribution < 1.29 is 23.0 Å². The van der Waals surface area contributed by atoms with Crippen molar-refractivity contribution >= 4 is 11.6 Å². The van der Waals surface area contributed by atoms with E-state index in [0.717, 1.165) is 29.8 Å². The SMILES string of the molecule is CC(C)C1=CC=C(c2ccc(Oc3cc(C(=O)N[C@@H]4CCN(C5CCOCC5)C[C@@H]4F)c(F)cc3Cn3cnccc3=O)cc2)NN1. The average molecular weight is 647 g/mol. The number of carbonyl (C=O) groups excluding carboxylic acids is 1. The zero-order valence-electron chi connectivity index (χ0n) is 26.5. The second-order valence-corrected chi connectivity index (χ2v) is 12.4. The second-order valence-electron chi connectivity index (χ2n) is 12.4. The molecule has 1 amide bonds. The first kappa shape index (κ1) is 32.4. The largest absolute Gasteiger partial charge is 0.457 e. The number of rotatable bonds is 9. The molecule has 2 fully saturated rings. The van der Waals surface area contributed by atoms with Crippen LogP contribution in [0.3, 0.4) is 0 Å². The Morgan fingerprint density at radius 2 is 1.89 bits per heavy atom. The Labute approximate surface area is 272 Å². The monoisotopic (exact) mass is 646 g/mol. The van der Waals surface area contributed by atoms with Crippen LogP contribution < -0.4 is 26.5 Å². The number of hydrogen-bond donors (Lipinski definition) is 3. The smallest absolute Gasteiger partial charge is 0.254 e. The van der Waals surface area contributed by atoms with Crippen molar-refractivity contribution in [1.82, 2.24) is 30.6 Å². The fourth-order valence-corrected chi connectivity index (χ4v) is 6.12. The number of nitrogens with zero attached hydrogens (tertiary/aromatic N) is 3. The lowest BCUT2D eigenvalue weighted by Gasteiger charge is -2.40. The molecule has 0 aliphatic carbocycles. The summed E-state index contributed by atoms with van der Waals surface area (Å²) in [6.45, 7) is 6.35. The number of carbonyl (C=O) groups is 1. The van der Waals surface area contributed by atoms with Crippen molar-refractivity contribution in [3.05, 3.63) is 106 Å². The number of nitrogens with one attached hydrogen (secondary N) is 3. The molecule has 10 nitrogen and oxygen atoms in total. The highest BCUT2D eigenvalue weighted by Gasteiger charge is 2.34. The molecule has 0 bridgehead atoms. The molecule has 12 heteroatoms. The van der Waals surface area contributed by atoms with Gasteiger partial charge in [0.2, 0.25) is 0 Å². The maximum absolute atomic E-state index is 15.6. The lowest BCUT2D eigenvalue weighted by atomic mass is 9.98. The predicted molar refractivity (Wildman–Crippen MR) is 174 cm³/mol. The van der Waals surface area contributed by atoms with Crippen LogP contribution in [0.25, 0.3) is 5.70 Å². The number of amides is 1. The minimum absolute atomic E-state index is 0.0386. The van der Waals surface area contributed by atoms with Crippen molar-refractivity contribution in [2.75, 3.05) is 26.3 Å². The molecule has 0 unspecified atom stereocenters. The van der Waals surface area contributed by atoms with Crippen LogP contribution in [-0.4, -0.2) is 64.9 Å². The molecule has 3 aliphatic heterocycles. The normalized spacial score (nSPS) is 20.5. The van der Waals surface area contributed by atoms with E-state index in [-0.39, 0.29) is 36.0 Å². The number of piperidine rings is 1. The summed E-state index contributed by atoms with van der Waals surface area (Å²) in [7, 11) is 0. The van der Waals surface area contributed by atoms with Gasteiger partial charge in [-0.1, -0.05) is 13.8 Å². The van der Waals surface area contributed by atoms with Crippen LogP contribution in [0.1, 0.15) is 54.6 Å². The summed E-state index contributed by atoms with van der Waals surface area (Å²) in [5.41, 5.74) is 9.01. The number of likely N-dealkylation sites (tertiary alicyclic amines) is 1. The average Bonchev–Trinajstić information content (AvgIpc) is 3.08. The lowest BCUT2D eigenvalue weighted by molar-refractivity contribution is 0.00512. The summed E-state index contributed by atoms with van der Waals surface area (Å²) >= 11 is 0. The highest BCUT2D eigenvalue weighted by Crippen LogP contribution is 2.31. The highest BCUT2D eigenvalue weighted by molar-refractivity contribution is 5.95. The Bertz CT molecular complexity index is 1700. The van der Waals surface area contributed by atoms with E-state index in [4.69, 9.17) is 9.47 Å². The van der Waals surface area contributed by atoms with Gasteiger partial charge in [0.1, 0.15) is 23.5 Å². The zero-order valence-corrected chi connectivity index (χ0v) is 26.5. The summed E-state index contributed by atoms with van der Waals surface area (Å²) in [6.07, 6.45) is 7.60. The number of aromatic nitrogens is 2. The van der Waals surface area contributed by atoms with Gasteiger partial charge in [-0.3, -0.25) is 19.1 Å². The summed E-state index contributed by atoms with van der Waals surface area (Å²) < 4.78 is 43.8. The van der Waals surface area contributed by atoms with Crippen LogP contribution in [0.15, 0.2) is 77.6 Å². The molecule has 0 radical (unpaired) electrons. The molecule has 1 aromatic heterocycles. The predicted octanol–water partition coefficient (Wildman–Crippen LogP) is 4.53. The number of allylic oxidation sites excluding steroid dienone is 3. The van der Waals surface area contributed by atoms with Gasteiger partial charge in [0, 0.05) is 55.9 Å². The molecule has 248 valence electrons. The van der Waals surface area contributed by atoms with Gasteiger partial charge in [-0.2, -0.15) is 0 Å². The standard InChI is InChI=1S/C35H40F2N6O4/c1-22(2)30-7-8-31(41-40-30)23-3-5-26(6-4-23)47-33-18-27(28(36)17-24(33)19-43-21-38-13-9-34(43)44)35(45)39-32-10-14-42(20-29(32)37)25-11-15-46-16-12-25/h3-9,13,17-18,21-22,25,29,32,40-41H,10-12,14-16,19-20H2,1-2H3,(H,39,45)/t29-,32+/m0/s1. The van der Waals surface area contributed by atoms with Crippen molar-refractivity contribution in [2.45, 2.75) is 57.9 Å². The van der Waals surface area contributed by atoms with E-state index in [2.05, 4.69) is 39.9 Å². The number of ether oxygens (including phenoxy) is 2. The van der Waals surface area contributed by atoms with Gasteiger partial charge in [-0.25, -0.2) is 13.8 Å². The number of alkyl halides is 1. The number of hydrazine groups is 1. The van der Waals surface area contributed by atoms with E-state index in [1.807, 2.05) is 24.3 Å². The molecule has 6 rings (SSSR count). The highest BCUT2D eigenvalue weighted by atomic mass is 19.1. The van der Waals surface area contributed by atoms with Crippen molar-refractivity contribution in [1.29, 1.82) is 0 Å². The minimum atomic E-state index is -1.29. The quantitative estimate of drug-likeness (QED) is 0.311. The minimum Gasteiger partial charge on any atom is -0.457 e. The van der Waals surface area contributed by atoms with E-state index in [1.165, 1.54) is 35.3 Å². The van der Waals surface area contributed by atoms with E-state index >= 15 is 8.78 Å². The molecular weight excluding hydrogens is 606 g/mol. The topological polar surface area (TPSA) is 110 Å². The molecule has 0 spiro atoms. The van der Waals surface area contributed by atoms with Crippen LogP contribution in [0, 0.1) is 11.7 Å². The van der Waals surface area contributed by atoms with E-state index in [1.54, 1.807) is 12.1 Å². The van der Waals surface area contributed by atoms with Crippen molar-refractivity contribution in [3.63, 3.8) is 0 Å². The summed E-state index contributed by atoms with van der Waals surface area (Å²) in [4.78, 5) is 31.9. The van der Waals surface area contributed by atoms with Gasteiger partial charge in [-0.15, -0.1) is 0 Å². The Kier molecular flexibility index (Phi) is 9.98.